The first kappa shape index (κ1) is 34.6. The molecule has 2 amide bonds. The van der Waals surface area contributed by atoms with Crippen LogP contribution in [0.5, 0.6) is 0 Å². The van der Waals surface area contributed by atoms with E-state index in [-0.39, 0.29) is 0 Å². The Morgan fingerprint density at radius 2 is 0.969 bits per heavy atom. The van der Waals surface area contributed by atoms with E-state index in [1.807, 2.05) is 6.92 Å². The van der Waals surface area contributed by atoms with Crippen LogP contribution in [0.4, 0.5) is 18.0 Å². The molecular weight excluding hydrogens is 431 g/mol. The summed E-state index contributed by atoms with van der Waals surface area (Å²) in [6.07, 6.45) is 11.6. The summed E-state index contributed by atoms with van der Waals surface area (Å²) in [6.45, 7) is 4.11. The lowest BCUT2D eigenvalue weighted by Gasteiger charge is -2.22. The second-order valence-electron chi connectivity index (χ2n) is 7.66. The molecule has 0 fully saturated rings. The number of urea groups is 1. The fourth-order valence-electron chi connectivity index (χ4n) is 2.72. The van der Waals surface area contributed by atoms with Gasteiger partial charge < -0.3 is 27.4 Å². The number of hydrogen-bond acceptors (Lipinski definition) is 4. The van der Waals surface area contributed by atoms with E-state index in [9.17, 15) is 18.0 Å². The molecule has 0 saturated heterocycles. The molecule has 0 aliphatic rings. The van der Waals surface area contributed by atoms with Crippen LogP contribution in [0.3, 0.4) is 0 Å². The lowest BCUT2D eigenvalue weighted by molar-refractivity contribution is -0.192. The molecule has 0 saturated carbocycles. The van der Waals surface area contributed by atoms with Gasteiger partial charge in [-0.15, -0.1) is 0 Å². The van der Waals surface area contributed by atoms with Crippen molar-refractivity contribution in [3.63, 3.8) is 0 Å². The topological polar surface area (TPSA) is 170 Å². The number of carboxylic acid groups (broad SMARTS) is 2. The zero-order valence-electron chi connectivity index (χ0n) is 19.4. The number of nitrogens with two attached hydrogens (primary N) is 3. The number of hydrogen-bond donors (Lipinski definition) is 5. The van der Waals surface area contributed by atoms with Crippen molar-refractivity contribution in [3.05, 3.63) is 0 Å². The van der Waals surface area contributed by atoms with Gasteiger partial charge in [-0.2, -0.15) is 13.2 Å². The molecule has 8 N–H and O–H groups in total. The van der Waals surface area contributed by atoms with Crippen LogP contribution in [-0.4, -0.2) is 39.9 Å². The average molecular weight is 474 g/mol. The highest BCUT2D eigenvalue weighted by molar-refractivity contribution is 5.78. The SMILES string of the molecule is CCCCCCCCCCCCCCC(N)(CC)C(=O)O.NC(N)=O.O=C(O)C(F)(F)F. The van der Waals surface area contributed by atoms with Crippen LogP contribution in [0.25, 0.3) is 0 Å². The first-order valence-corrected chi connectivity index (χ1v) is 11.1. The smallest absolute Gasteiger partial charge is 0.480 e. The van der Waals surface area contributed by atoms with Crippen LogP contribution in [0.2, 0.25) is 0 Å². The molecule has 1 unspecified atom stereocenters. The molecule has 0 aromatic rings. The van der Waals surface area contributed by atoms with Crippen molar-refractivity contribution in [2.24, 2.45) is 17.2 Å². The summed E-state index contributed by atoms with van der Waals surface area (Å²) >= 11 is 0. The summed E-state index contributed by atoms with van der Waals surface area (Å²) in [5, 5.41) is 16.2. The van der Waals surface area contributed by atoms with Crippen LogP contribution >= 0.6 is 0 Å². The number of primary amides is 2. The number of unbranched alkanes of at least 4 members (excludes halogenated alkanes) is 11. The van der Waals surface area contributed by atoms with E-state index >= 15 is 0 Å². The zero-order chi connectivity index (χ0) is 25.6. The van der Waals surface area contributed by atoms with E-state index in [4.69, 9.17) is 25.5 Å². The van der Waals surface area contributed by atoms with Crippen molar-refractivity contribution in [1.29, 1.82) is 0 Å². The van der Waals surface area contributed by atoms with Crippen molar-refractivity contribution in [2.45, 2.75) is 115 Å². The highest BCUT2D eigenvalue weighted by Crippen LogP contribution is 2.18. The predicted octanol–water partition coefficient (Wildman–Crippen LogP) is 4.93. The first-order chi connectivity index (χ1) is 14.7. The summed E-state index contributed by atoms with van der Waals surface area (Å²) < 4.78 is 31.7. The number of aliphatic carboxylic acids is 2. The van der Waals surface area contributed by atoms with E-state index < -0.39 is 29.7 Å². The molecule has 1 atom stereocenters. The van der Waals surface area contributed by atoms with Gasteiger partial charge in [0.1, 0.15) is 5.54 Å². The number of halogens is 3. The van der Waals surface area contributed by atoms with Crippen LogP contribution in [0, 0.1) is 0 Å². The van der Waals surface area contributed by atoms with Crippen LogP contribution in [-0.2, 0) is 9.59 Å². The Morgan fingerprint density at radius 3 is 1.19 bits per heavy atom. The Morgan fingerprint density at radius 1 is 0.688 bits per heavy atom. The molecule has 0 aliphatic heterocycles. The maximum absolute atomic E-state index is 11.1. The third kappa shape index (κ3) is 26.0. The highest BCUT2D eigenvalue weighted by Gasteiger charge is 2.38. The molecule has 0 aromatic heterocycles. The van der Waals surface area contributed by atoms with Gasteiger partial charge in [0.05, 0.1) is 0 Å². The van der Waals surface area contributed by atoms with Gasteiger partial charge in [0, 0.05) is 0 Å². The van der Waals surface area contributed by atoms with E-state index in [2.05, 4.69) is 18.4 Å². The van der Waals surface area contributed by atoms with E-state index in [1.54, 1.807) is 0 Å². The Balaban J connectivity index is -0.000000628. The number of carbonyl (C=O) groups is 3. The Bertz CT molecular complexity index is 502. The van der Waals surface area contributed by atoms with Crippen molar-refractivity contribution < 1.29 is 37.8 Å². The third-order valence-electron chi connectivity index (χ3n) is 4.78. The number of carboxylic acids is 2. The molecule has 0 bridgehead atoms. The molecule has 0 rings (SSSR count). The molecule has 0 heterocycles. The lowest BCUT2D eigenvalue weighted by Crippen LogP contribution is -2.47. The predicted molar refractivity (Wildman–Crippen MR) is 118 cm³/mol. The fraction of sp³-hybridized carbons (Fsp3) is 0.857. The number of alkyl halides is 3. The van der Waals surface area contributed by atoms with Crippen molar-refractivity contribution in [2.75, 3.05) is 0 Å². The number of amides is 2. The molecule has 0 aliphatic carbocycles. The summed E-state index contributed by atoms with van der Waals surface area (Å²) in [5.41, 5.74) is 13.4. The van der Waals surface area contributed by atoms with Gasteiger partial charge in [-0.25, -0.2) is 9.59 Å². The molecule has 0 radical (unpaired) electrons. The van der Waals surface area contributed by atoms with Gasteiger partial charge in [-0.3, -0.25) is 4.79 Å². The lowest BCUT2D eigenvalue weighted by atomic mass is 9.90. The second kappa shape index (κ2) is 20.8. The van der Waals surface area contributed by atoms with Gasteiger partial charge in [-0.05, 0) is 12.8 Å². The van der Waals surface area contributed by atoms with E-state index in [0.29, 0.717) is 12.8 Å². The summed E-state index contributed by atoms with van der Waals surface area (Å²) in [5.74, 6) is -3.61. The molecule has 0 aromatic carbocycles. The fourth-order valence-corrected chi connectivity index (χ4v) is 2.72. The Labute approximate surface area is 189 Å². The minimum absolute atomic E-state index is 0.514. The third-order valence-corrected chi connectivity index (χ3v) is 4.78. The standard InChI is InChI=1S/C18H37NO2.C2HF3O2.CH4N2O/c1-3-5-6-7-8-9-10-11-12-13-14-15-16-18(19,4-2)17(20)21;3-2(4,5)1(6)7;2-1(3)4/h3-16,19H2,1-2H3,(H,20,21);(H,6,7);(H4,2,3,4). The highest BCUT2D eigenvalue weighted by atomic mass is 19.4. The Kier molecular flexibility index (Phi) is 22.5. The van der Waals surface area contributed by atoms with Gasteiger partial charge in [-0.1, -0.05) is 90.9 Å². The van der Waals surface area contributed by atoms with E-state index in [1.165, 1.54) is 64.2 Å². The minimum atomic E-state index is -5.08. The van der Waals surface area contributed by atoms with Crippen molar-refractivity contribution in [1.82, 2.24) is 0 Å². The minimum Gasteiger partial charge on any atom is -0.480 e. The Hall–Kier alpha value is -2.04. The molecular formula is C21H42F3N3O5. The molecule has 11 heteroatoms. The number of rotatable bonds is 15. The molecule has 192 valence electrons. The largest absolute Gasteiger partial charge is 0.490 e. The van der Waals surface area contributed by atoms with Crippen molar-refractivity contribution in [3.8, 4) is 0 Å². The quantitative estimate of drug-likeness (QED) is 0.211. The van der Waals surface area contributed by atoms with Crippen LogP contribution in [0.15, 0.2) is 0 Å². The summed E-state index contributed by atoms with van der Waals surface area (Å²) in [6, 6.07) is -0.833. The van der Waals surface area contributed by atoms with Gasteiger partial charge in [0.2, 0.25) is 0 Å². The average Bonchev–Trinajstić information content (AvgIpc) is 2.67. The summed E-state index contributed by atoms with van der Waals surface area (Å²) in [7, 11) is 0. The molecule has 0 spiro atoms. The maximum atomic E-state index is 11.1. The normalized spacial score (nSPS) is 12.4. The molecule has 8 nitrogen and oxygen atoms in total. The molecule has 32 heavy (non-hydrogen) atoms. The number of carbonyl (C=O) groups excluding carboxylic acids is 1. The maximum Gasteiger partial charge on any atom is 0.490 e. The summed E-state index contributed by atoms with van der Waals surface area (Å²) in [4.78, 5) is 29.0. The monoisotopic (exact) mass is 473 g/mol. The zero-order valence-corrected chi connectivity index (χ0v) is 19.4. The van der Waals surface area contributed by atoms with Gasteiger partial charge in [0.25, 0.3) is 0 Å². The van der Waals surface area contributed by atoms with Gasteiger partial charge >= 0.3 is 24.1 Å². The first-order valence-electron chi connectivity index (χ1n) is 11.1. The van der Waals surface area contributed by atoms with Crippen LogP contribution < -0.4 is 17.2 Å². The van der Waals surface area contributed by atoms with E-state index in [0.717, 1.165) is 12.8 Å². The van der Waals surface area contributed by atoms with Crippen molar-refractivity contribution >= 4 is 18.0 Å². The van der Waals surface area contributed by atoms with Crippen LogP contribution in [0.1, 0.15) is 104 Å². The second-order valence-corrected chi connectivity index (χ2v) is 7.66. The van der Waals surface area contributed by atoms with Gasteiger partial charge in [0.15, 0.2) is 0 Å².